The van der Waals surface area contributed by atoms with E-state index in [4.69, 9.17) is 5.41 Å². The normalized spacial score (nSPS) is 21.5. The zero-order valence-electron chi connectivity index (χ0n) is 4.74. The van der Waals surface area contributed by atoms with Crippen molar-refractivity contribution < 1.29 is 4.79 Å². The quantitative estimate of drug-likeness (QED) is 0.500. The van der Waals surface area contributed by atoms with Gasteiger partial charge in [-0.15, -0.1) is 0 Å². The van der Waals surface area contributed by atoms with Crippen molar-refractivity contribution in [3.05, 3.63) is 0 Å². The van der Waals surface area contributed by atoms with Crippen LogP contribution in [0.1, 0.15) is 25.7 Å². The van der Waals surface area contributed by atoms with Gasteiger partial charge in [-0.25, -0.2) is 0 Å². The average molecular weight is 111 g/mol. The molecule has 0 aromatic carbocycles. The zero-order valence-corrected chi connectivity index (χ0v) is 4.74. The topological polar surface area (TPSA) is 40.9 Å². The standard InChI is InChI=1S/C6H9NO/c7-5-2-1-3-6(8)4-5/h7H,1-4H2. The summed E-state index contributed by atoms with van der Waals surface area (Å²) < 4.78 is 0. The molecule has 1 N–H and O–H groups in total. The lowest BCUT2D eigenvalue weighted by Gasteiger charge is -2.07. The van der Waals surface area contributed by atoms with Crippen LogP contribution in [0.4, 0.5) is 0 Å². The van der Waals surface area contributed by atoms with Crippen LogP contribution < -0.4 is 0 Å². The minimum Gasteiger partial charge on any atom is -0.309 e. The van der Waals surface area contributed by atoms with Gasteiger partial charge >= 0.3 is 0 Å². The summed E-state index contributed by atoms with van der Waals surface area (Å²) in [6.45, 7) is 0. The maximum absolute atomic E-state index is 10.5. The summed E-state index contributed by atoms with van der Waals surface area (Å²) in [6.07, 6.45) is 2.85. The number of ketones is 1. The third-order valence-corrected chi connectivity index (χ3v) is 1.34. The van der Waals surface area contributed by atoms with Crippen LogP contribution in [0.25, 0.3) is 0 Å². The van der Waals surface area contributed by atoms with Crippen molar-refractivity contribution in [1.29, 1.82) is 5.41 Å². The van der Waals surface area contributed by atoms with E-state index >= 15 is 0 Å². The molecule has 0 unspecified atom stereocenters. The zero-order chi connectivity index (χ0) is 5.98. The lowest BCUT2D eigenvalue weighted by atomic mass is 9.98. The summed E-state index contributed by atoms with van der Waals surface area (Å²) in [7, 11) is 0. The van der Waals surface area contributed by atoms with E-state index in [1.165, 1.54) is 0 Å². The molecule has 2 nitrogen and oxygen atoms in total. The molecule has 2 heteroatoms. The second kappa shape index (κ2) is 2.07. The van der Waals surface area contributed by atoms with Crippen molar-refractivity contribution in [2.75, 3.05) is 0 Å². The van der Waals surface area contributed by atoms with Crippen molar-refractivity contribution in [2.24, 2.45) is 0 Å². The van der Waals surface area contributed by atoms with Gasteiger partial charge in [0.05, 0.1) is 0 Å². The van der Waals surface area contributed by atoms with Gasteiger partial charge in [-0.2, -0.15) is 0 Å². The van der Waals surface area contributed by atoms with E-state index in [-0.39, 0.29) is 5.78 Å². The first-order valence-electron chi connectivity index (χ1n) is 2.87. The molecule has 0 aromatic rings. The average Bonchev–Trinajstić information content (AvgIpc) is 1.64. The molecule has 0 aromatic heterocycles. The van der Waals surface area contributed by atoms with Crippen molar-refractivity contribution in [2.45, 2.75) is 25.7 Å². The van der Waals surface area contributed by atoms with E-state index in [2.05, 4.69) is 0 Å². The van der Waals surface area contributed by atoms with Crippen LogP contribution in [0.5, 0.6) is 0 Å². The van der Waals surface area contributed by atoms with Crippen LogP contribution in [-0.4, -0.2) is 11.5 Å². The van der Waals surface area contributed by atoms with Gasteiger partial charge in [-0.05, 0) is 12.8 Å². The fraction of sp³-hybridized carbons (Fsp3) is 0.667. The molecule has 0 amide bonds. The maximum atomic E-state index is 10.5. The number of hydrogen-bond donors (Lipinski definition) is 1. The molecule has 1 fully saturated rings. The number of Topliss-reactive ketones (excluding diaryl/α,β-unsaturated/α-hetero) is 1. The van der Waals surface area contributed by atoms with Gasteiger partial charge in [0.25, 0.3) is 0 Å². The molecule has 0 saturated heterocycles. The predicted molar refractivity (Wildman–Crippen MR) is 31.2 cm³/mol. The highest BCUT2D eigenvalue weighted by molar-refractivity contribution is 6.02. The second-order valence-electron chi connectivity index (χ2n) is 2.17. The molecule has 1 saturated carbocycles. The Labute approximate surface area is 48.4 Å². The number of nitrogens with one attached hydrogen (secondary N) is 1. The first-order valence-corrected chi connectivity index (χ1v) is 2.87. The smallest absolute Gasteiger partial charge is 0.138 e. The van der Waals surface area contributed by atoms with Crippen LogP contribution in [0, 0.1) is 5.41 Å². The number of rotatable bonds is 0. The Morgan fingerprint density at radius 3 is 2.50 bits per heavy atom. The van der Waals surface area contributed by atoms with Gasteiger partial charge in [-0.3, -0.25) is 4.79 Å². The number of carbonyl (C=O) groups is 1. The van der Waals surface area contributed by atoms with Gasteiger partial charge in [-0.1, -0.05) is 0 Å². The Hall–Kier alpha value is -0.660. The van der Waals surface area contributed by atoms with Crippen molar-refractivity contribution in [3.63, 3.8) is 0 Å². The fourth-order valence-corrected chi connectivity index (χ4v) is 0.914. The molecule has 1 aliphatic rings. The lowest BCUT2D eigenvalue weighted by Crippen LogP contribution is -2.12. The molecule has 0 aliphatic heterocycles. The number of carbonyl (C=O) groups excluding carboxylic acids is 1. The Kier molecular flexibility index (Phi) is 1.42. The van der Waals surface area contributed by atoms with Crippen LogP contribution >= 0.6 is 0 Å². The second-order valence-corrected chi connectivity index (χ2v) is 2.17. The molecule has 0 atom stereocenters. The molecule has 1 rings (SSSR count). The van der Waals surface area contributed by atoms with Crippen LogP contribution in [0.15, 0.2) is 0 Å². The summed E-state index contributed by atoms with van der Waals surface area (Å²) in [4.78, 5) is 10.5. The van der Waals surface area contributed by atoms with E-state index in [0.717, 1.165) is 12.8 Å². The highest BCUT2D eigenvalue weighted by atomic mass is 16.1. The Morgan fingerprint density at radius 1 is 1.38 bits per heavy atom. The Morgan fingerprint density at radius 2 is 2.12 bits per heavy atom. The third kappa shape index (κ3) is 1.15. The predicted octanol–water partition coefficient (Wildman–Crippen LogP) is 1.15. The summed E-state index contributed by atoms with van der Waals surface area (Å²) in [6, 6.07) is 0. The van der Waals surface area contributed by atoms with E-state index < -0.39 is 0 Å². The van der Waals surface area contributed by atoms with Gasteiger partial charge < -0.3 is 5.41 Å². The highest BCUT2D eigenvalue weighted by Gasteiger charge is 2.11. The summed E-state index contributed by atoms with van der Waals surface area (Å²) in [5.41, 5.74) is 0.612. The minimum atomic E-state index is 0.237. The minimum absolute atomic E-state index is 0.237. The van der Waals surface area contributed by atoms with E-state index in [1.54, 1.807) is 0 Å². The molecule has 0 heterocycles. The van der Waals surface area contributed by atoms with Gasteiger partial charge in [0.2, 0.25) is 0 Å². The number of hydrogen-bond acceptors (Lipinski definition) is 2. The molecule has 0 spiro atoms. The first kappa shape index (κ1) is 5.48. The van der Waals surface area contributed by atoms with E-state index in [0.29, 0.717) is 18.6 Å². The van der Waals surface area contributed by atoms with Crippen molar-refractivity contribution in [1.82, 2.24) is 0 Å². The SMILES string of the molecule is N=C1CCCC(=O)C1. The van der Waals surface area contributed by atoms with Gasteiger partial charge in [0.1, 0.15) is 5.78 Å². The maximum Gasteiger partial charge on any atom is 0.138 e. The lowest BCUT2D eigenvalue weighted by molar-refractivity contribution is -0.118. The Bertz CT molecular complexity index is 114. The van der Waals surface area contributed by atoms with Crippen molar-refractivity contribution in [3.8, 4) is 0 Å². The Balaban J connectivity index is 2.45. The summed E-state index contributed by atoms with van der Waals surface area (Å²) in [5, 5.41) is 7.10. The van der Waals surface area contributed by atoms with Gasteiger partial charge in [0.15, 0.2) is 0 Å². The molecule has 44 valence electrons. The molecule has 1 aliphatic carbocycles. The van der Waals surface area contributed by atoms with Crippen LogP contribution in [0.2, 0.25) is 0 Å². The molecule has 0 radical (unpaired) electrons. The molecular formula is C6H9NO. The molecule has 0 bridgehead atoms. The fourth-order valence-electron chi connectivity index (χ4n) is 0.914. The van der Waals surface area contributed by atoms with Crippen molar-refractivity contribution >= 4 is 11.5 Å². The van der Waals surface area contributed by atoms with Crippen LogP contribution in [0.3, 0.4) is 0 Å². The molecular weight excluding hydrogens is 102 g/mol. The van der Waals surface area contributed by atoms with E-state index in [9.17, 15) is 4.79 Å². The van der Waals surface area contributed by atoms with E-state index in [1.807, 2.05) is 0 Å². The summed E-state index contributed by atoms with van der Waals surface area (Å²) in [5.74, 6) is 0.237. The first-order chi connectivity index (χ1) is 3.79. The third-order valence-electron chi connectivity index (χ3n) is 1.34. The monoisotopic (exact) mass is 111 g/mol. The highest BCUT2D eigenvalue weighted by Crippen LogP contribution is 2.09. The van der Waals surface area contributed by atoms with Gasteiger partial charge in [0, 0.05) is 18.6 Å². The van der Waals surface area contributed by atoms with Crippen LogP contribution in [-0.2, 0) is 4.79 Å². The largest absolute Gasteiger partial charge is 0.309 e. The molecule has 8 heavy (non-hydrogen) atoms. The summed E-state index contributed by atoms with van der Waals surface area (Å²) >= 11 is 0.